The maximum absolute atomic E-state index is 3.94. The summed E-state index contributed by atoms with van der Waals surface area (Å²) in [5.74, 6) is 0. The van der Waals surface area contributed by atoms with E-state index < -0.39 is 0 Å². The third-order valence-corrected chi connectivity index (χ3v) is 4.14. The molecule has 0 aliphatic carbocycles. The smallest absolute Gasteiger partial charge is 0.0383 e. The molecular weight excluding hydrogens is 244 g/mol. The maximum Gasteiger partial charge on any atom is 0.0383 e. The lowest BCUT2D eigenvalue weighted by Crippen LogP contribution is -2.45. The first kappa shape index (κ1) is 15.3. The lowest BCUT2D eigenvalue weighted by molar-refractivity contribution is 0.174. The SMILES string of the molecule is C=CC[C@H](c1ccc(C(C)(C)C)cc1)N1CCNCC1. The minimum atomic E-state index is 0.224. The summed E-state index contributed by atoms with van der Waals surface area (Å²) < 4.78 is 0. The molecule has 2 nitrogen and oxygen atoms in total. The molecule has 0 aromatic heterocycles. The minimum Gasteiger partial charge on any atom is -0.314 e. The lowest BCUT2D eigenvalue weighted by Gasteiger charge is -2.35. The van der Waals surface area contributed by atoms with E-state index in [0.29, 0.717) is 6.04 Å². The molecule has 1 saturated heterocycles. The fourth-order valence-electron chi connectivity index (χ4n) is 2.85. The third-order valence-electron chi connectivity index (χ3n) is 4.14. The van der Waals surface area contributed by atoms with Gasteiger partial charge in [-0.15, -0.1) is 6.58 Å². The molecule has 0 saturated carbocycles. The Morgan fingerprint density at radius 1 is 1.20 bits per heavy atom. The topological polar surface area (TPSA) is 15.3 Å². The summed E-state index contributed by atoms with van der Waals surface area (Å²) >= 11 is 0. The van der Waals surface area contributed by atoms with E-state index in [9.17, 15) is 0 Å². The zero-order valence-corrected chi connectivity index (χ0v) is 13.2. The fourth-order valence-corrected chi connectivity index (χ4v) is 2.85. The highest BCUT2D eigenvalue weighted by Gasteiger charge is 2.21. The summed E-state index contributed by atoms with van der Waals surface area (Å²) in [7, 11) is 0. The zero-order valence-electron chi connectivity index (χ0n) is 13.2. The zero-order chi connectivity index (χ0) is 14.6. The molecule has 20 heavy (non-hydrogen) atoms. The van der Waals surface area contributed by atoms with Crippen molar-refractivity contribution < 1.29 is 0 Å². The van der Waals surface area contributed by atoms with Crippen molar-refractivity contribution in [1.82, 2.24) is 10.2 Å². The summed E-state index contributed by atoms with van der Waals surface area (Å²) in [6.07, 6.45) is 3.07. The van der Waals surface area contributed by atoms with Crippen LogP contribution in [0.25, 0.3) is 0 Å². The molecule has 1 aliphatic heterocycles. The van der Waals surface area contributed by atoms with Crippen LogP contribution >= 0.6 is 0 Å². The molecule has 2 rings (SSSR count). The summed E-state index contributed by atoms with van der Waals surface area (Å²) in [4.78, 5) is 2.57. The van der Waals surface area contributed by atoms with Gasteiger partial charge in [-0.1, -0.05) is 51.1 Å². The predicted octanol–water partition coefficient (Wildman–Crippen LogP) is 3.51. The molecule has 0 radical (unpaired) electrons. The van der Waals surface area contributed by atoms with Crippen molar-refractivity contribution in [3.05, 3.63) is 48.0 Å². The number of piperazine rings is 1. The standard InChI is InChI=1S/C18H28N2/c1-5-6-17(20-13-11-19-12-14-20)15-7-9-16(10-8-15)18(2,3)4/h5,7-10,17,19H,1,6,11-14H2,2-4H3/t17-/m1/s1. The molecule has 1 aromatic rings. The first-order chi connectivity index (χ1) is 9.52. The highest BCUT2D eigenvalue weighted by Crippen LogP contribution is 2.28. The van der Waals surface area contributed by atoms with E-state index in [1.54, 1.807) is 0 Å². The number of hydrogen-bond donors (Lipinski definition) is 1. The van der Waals surface area contributed by atoms with E-state index in [1.807, 2.05) is 6.08 Å². The van der Waals surface area contributed by atoms with Crippen LogP contribution in [0.5, 0.6) is 0 Å². The van der Waals surface area contributed by atoms with E-state index in [4.69, 9.17) is 0 Å². The van der Waals surface area contributed by atoms with Gasteiger partial charge in [-0.2, -0.15) is 0 Å². The van der Waals surface area contributed by atoms with Crippen molar-refractivity contribution in [3.8, 4) is 0 Å². The Hall–Kier alpha value is -1.12. The average molecular weight is 272 g/mol. The second-order valence-corrected chi connectivity index (χ2v) is 6.70. The van der Waals surface area contributed by atoms with Crippen LogP contribution in [0.15, 0.2) is 36.9 Å². The van der Waals surface area contributed by atoms with Crippen molar-refractivity contribution in [2.45, 2.75) is 38.6 Å². The normalized spacial score (nSPS) is 18.8. The molecule has 1 aliphatic rings. The summed E-state index contributed by atoms with van der Waals surface area (Å²) in [6.45, 7) is 15.2. The van der Waals surface area contributed by atoms with Gasteiger partial charge < -0.3 is 5.32 Å². The average Bonchev–Trinajstić information content (AvgIpc) is 2.45. The van der Waals surface area contributed by atoms with Crippen molar-refractivity contribution >= 4 is 0 Å². The minimum absolute atomic E-state index is 0.224. The van der Waals surface area contributed by atoms with Gasteiger partial charge in [-0.25, -0.2) is 0 Å². The van der Waals surface area contributed by atoms with Crippen molar-refractivity contribution in [1.29, 1.82) is 0 Å². The van der Waals surface area contributed by atoms with E-state index in [1.165, 1.54) is 11.1 Å². The Labute approximate surface area is 123 Å². The van der Waals surface area contributed by atoms with Crippen LogP contribution in [0, 0.1) is 0 Å². The lowest BCUT2D eigenvalue weighted by atomic mass is 9.86. The Morgan fingerprint density at radius 3 is 2.30 bits per heavy atom. The van der Waals surface area contributed by atoms with Crippen LogP contribution in [0.4, 0.5) is 0 Å². The first-order valence-electron chi connectivity index (χ1n) is 7.68. The molecule has 0 amide bonds. The van der Waals surface area contributed by atoms with Gasteiger partial charge in [-0.05, 0) is 23.0 Å². The quantitative estimate of drug-likeness (QED) is 0.844. The molecule has 1 fully saturated rings. The molecule has 110 valence electrons. The Bertz CT molecular complexity index is 422. The van der Waals surface area contributed by atoms with E-state index in [-0.39, 0.29) is 5.41 Å². The Balaban J connectivity index is 2.18. The molecule has 1 N–H and O–H groups in total. The maximum atomic E-state index is 3.94. The highest BCUT2D eigenvalue weighted by atomic mass is 15.2. The van der Waals surface area contributed by atoms with Crippen LogP contribution in [0.3, 0.4) is 0 Å². The van der Waals surface area contributed by atoms with Crippen LogP contribution in [-0.2, 0) is 5.41 Å². The number of benzene rings is 1. The van der Waals surface area contributed by atoms with E-state index in [2.05, 4.69) is 61.8 Å². The fraction of sp³-hybridized carbons (Fsp3) is 0.556. The first-order valence-corrected chi connectivity index (χ1v) is 7.68. The van der Waals surface area contributed by atoms with Gasteiger partial charge >= 0.3 is 0 Å². The van der Waals surface area contributed by atoms with Gasteiger partial charge in [0.15, 0.2) is 0 Å². The number of rotatable bonds is 4. The molecular formula is C18H28N2. The monoisotopic (exact) mass is 272 g/mol. The second kappa shape index (κ2) is 6.55. The molecule has 1 aromatic carbocycles. The molecule has 2 heteroatoms. The molecule has 0 unspecified atom stereocenters. The largest absolute Gasteiger partial charge is 0.314 e. The third kappa shape index (κ3) is 3.71. The van der Waals surface area contributed by atoms with Crippen molar-refractivity contribution in [2.75, 3.05) is 26.2 Å². The van der Waals surface area contributed by atoms with Crippen LogP contribution in [0.2, 0.25) is 0 Å². The van der Waals surface area contributed by atoms with Crippen LogP contribution < -0.4 is 5.32 Å². The summed E-state index contributed by atoms with van der Waals surface area (Å²) in [5, 5.41) is 3.42. The van der Waals surface area contributed by atoms with Crippen LogP contribution in [-0.4, -0.2) is 31.1 Å². The molecule has 1 atom stereocenters. The van der Waals surface area contributed by atoms with Crippen LogP contribution in [0.1, 0.15) is 44.4 Å². The second-order valence-electron chi connectivity index (χ2n) is 6.70. The van der Waals surface area contributed by atoms with Crippen molar-refractivity contribution in [2.24, 2.45) is 0 Å². The summed E-state index contributed by atoms with van der Waals surface area (Å²) in [5.41, 5.74) is 3.04. The Morgan fingerprint density at radius 2 is 1.80 bits per heavy atom. The molecule has 0 spiro atoms. The predicted molar refractivity (Wildman–Crippen MR) is 87.1 cm³/mol. The van der Waals surface area contributed by atoms with Gasteiger partial charge in [0.2, 0.25) is 0 Å². The van der Waals surface area contributed by atoms with Gasteiger partial charge in [0, 0.05) is 32.2 Å². The molecule has 1 heterocycles. The van der Waals surface area contributed by atoms with E-state index >= 15 is 0 Å². The number of nitrogens with one attached hydrogen (secondary N) is 1. The Kier molecular flexibility index (Phi) is 5.00. The van der Waals surface area contributed by atoms with E-state index in [0.717, 1.165) is 32.6 Å². The number of hydrogen-bond acceptors (Lipinski definition) is 2. The van der Waals surface area contributed by atoms with Gasteiger partial charge in [-0.3, -0.25) is 4.90 Å². The molecule has 0 bridgehead atoms. The summed E-state index contributed by atoms with van der Waals surface area (Å²) in [6, 6.07) is 9.65. The van der Waals surface area contributed by atoms with Gasteiger partial charge in [0.25, 0.3) is 0 Å². The van der Waals surface area contributed by atoms with Gasteiger partial charge in [0.1, 0.15) is 0 Å². The van der Waals surface area contributed by atoms with Gasteiger partial charge in [0.05, 0.1) is 0 Å². The van der Waals surface area contributed by atoms with Crippen molar-refractivity contribution in [3.63, 3.8) is 0 Å². The highest BCUT2D eigenvalue weighted by molar-refractivity contribution is 5.29. The number of nitrogens with zero attached hydrogens (tertiary/aromatic N) is 1.